The molecule has 15 aromatic rings. The molecule has 0 spiro atoms. The first kappa shape index (κ1) is 57.4. The minimum Gasteiger partial charge on any atom is -0.204 e. The highest BCUT2D eigenvalue weighted by molar-refractivity contribution is 7.18. The van der Waals surface area contributed by atoms with Crippen LogP contribution in [0.3, 0.4) is 0 Å². The zero-order valence-electron chi connectivity index (χ0n) is 52.4. The fraction of sp³-hybridized carbons (Fsp3) is 0.0286. The minimum absolute atomic E-state index is 0.0217. The molecule has 0 atom stereocenters. The van der Waals surface area contributed by atoms with E-state index < -0.39 is 63.7 Å². The standard InChI is InChI=1S/2C13H8F4.4C8H6S.3C4H4N2/c2*1-7-2-4-8(5-3-7)11-12(16)9(14)6-10(15)13(11)17;4*1-2-4-8-7(3-1)5-6-9-8;3*1-2-4-6-5-3-1/h2*2-6H,1H3;4*1-6H;3*1-4H/i6D;;2*6D;;;1D,2D;1D;. The maximum atomic E-state index is 13.6. The molecule has 7 aromatic heterocycles. The van der Waals surface area contributed by atoms with Crippen molar-refractivity contribution in [2.45, 2.75) is 13.8 Å². The Bertz CT molecular complexity index is 4440. The molecule has 88 heavy (non-hydrogen) atoms. The molecule has 0 saturated carbocycles. The third kappa shape index (κ3) is 20.8. The molecule has 7 heterocycles. The molecule has 8 aromatic carbocycles. The summed E-state index contributed by atoms with van der Waals surface area (Å²) in [6, 6.07) is 57.5. The molecule has 0 fully saturated rings. The van der Waals surface area contributed by atoms with Gasteiger partial charge in [-0.25, -0.2) is 35.1 Å². The number of fused-ring (bicyclic) bond motifs is 4. The summed E-state index contributed by atoms with van der Waals surface area (Å²) >= 11 is 6.61. The second kappa shape index (κ2) is 35.7. The number of aryl methyl sites for hydroxylation is 2. The van der Waals surface area contributed by atoms with Gasteiger partial charge < -0.3 is 0 Å². The Labute approximate surface area is 527 Å². The van der Waals surface area contributed by atoms with Crippen molar-refractivity contribution in [1.29, 1.82) is 0 Å². The van der Waals surface area contributed by atoms with Crippen LogP contribution in [0.25, 0.3) is 62.6 Å². The second-order valence-electron chi connectivity index (χ2n) is 17.6. The Hall–Kier alpha value is -9.72. The molecule has 0 aliphatic rings. The van der Waals surface area contributed by atoms with E-state index in [1.807, 2.05) is 72.8 Å². The number of rotatable bonds is 2. The van der Waals surface area contributed by atoms with Crippen molar-refractivity contribution < 1.29 is 43.3 Å². The van der Waals surface area contributed by atoms with Gasteiger partial charge in [0.25, 0.3) is 0 Å². The Morgan fingerprint density at radius 2 is 0.625 bits per heavy atom. The highest BCUT2D eigenvalue weighted by Gasteiger charge is 2.21. The predicted molar refractivity (Wildman–Crippen MR) is 346 cm³/mol. The molecule has 0 aliphatic heterocycles. The van der Waals surface area contributed by atoms with Gasteiger partial charge >= 0.3 is 0 Å². The van der Waals surface area contributed by atoms with Crippen LogP contribution in [0.5, 0.6) is 0 Å². The number of thiophene rings is 4. The molecule has 15 rings (SSSR count). The van der Waals surface area contributed by atoms with Crippen LogP contribution in [0.4, 0.5) is 35.1 Å². The minimum atomic E-state index is -1.69. The second-order valence-corrected chi connectivity index (χ2v) is 21.2. The van der Waals surface area contributed by atoms with E-state index in [4.69, 9.17) is 8.22 Å². The van der Waals surface area contributed by atoms with E-state index in [-0.39, 0.29) is 29.3 Å². The van der Waals surface area contributed by atoms with Gasteiger partial charge in [-0.15, -0.1) is 45.3 Å². The summed E-state index contributed by atoms with van der Waals surface area (Å²) < 4.78 is 154. The molecule has 0 N–H and O–H groups in total. The lowest BCUT2D eigenvalue weighted by molar-refractivity contribution is 0.458. The largest absolute Gasteiger partial charge is 0.204 e. The molecule has 0 radical (unpaired) electrons. The van der Waals surface area contributed by atoms with Crippen LogP contribution in [0, 0.1) is 60.4 Å². The van der Waals surface area contributed by atoms with Gasteiger partial charge in [-0.3, -0.25) is 0 Å². The van der Waals surface area contributed by atoms with E-state index in [9.17, 15) is 35.1 Å². The molecule has 18 heteroatoms. The fourth-order valence-electron chi connectivity index (χ4n) is 7.23. The number of hydrogen-bond donors (Lipinski definition) is 0. The van der Waals surface area contributed by atoms with Gasteiger partial charge in [0, 0.05) is 68.1 Å². The van der Waals surface area contributed by atoms with Crippen molar-refractivity contribution >= 4 is 85.7 Å². The van der Waals surface area contributed by atoms with Crippen LogP contribution in [0.1, 0.15) is 19.4 Å². The molecular weight excluding hydrogens is 1210 g/mol. The number of benzene rings is 8. The Balaban J connectivity index is 0.000000153. The van der Waals surface area contributed by atoms with E-state index in [1.165, 1.54) is 112 Å². The summed E-state index contributed by atoms with van der Waals surface area (Å²) in [6.45, 7) is 3.56. The van der Waals surface area contributed by atoms with E-state index in [0.29, 0.717) is 16.8 Å². The van der Waals surface area contributed by atoms with E-state index in [1.54, 1.807) is 79.2 Å². The summed E-state index contributed by atoms with van der Waals surface area (Å²) in [5.74, 6) is -12.1. The molecule has 0 saturated heterocycles. The Morgan fingerprint density at radius 1 is 0.307 bits per heavy atom. The SMILES string of the molecule is Cc1ccc(-c2c(F)c(F)cc(F)c2F)cc1.[2H]c1c(F)c(F)c(-c2ccc(C)cc2)c(F)c1F.[2H]c1cc2ccccc2s1.[2H]c1cc2ccccc2s1.[2H]c1ccnnc1.[2H]c1cnncc1[2H].c1ccc2sccc2c1.c1ccc2sccc2c1.c1ccnnc1. The van der Waals surface area contributed by atoms with Gasteiger partial charge in [0.2, 0.25) is 0 Å². The lowest BCUT2D eigenvalue weighted by Crippen LogP contribution is -1.98. The van der Waals surface area contributed by atoms with Crippen LogP contribution < -0.4 is 0 Å². The maximum Gasteiger partial charge on any atom is 0.169 e. The lowest BCUT2D eigenvalue weighted by atomic mass is 10.0. The third-order valence-corrected chi connectivity index (χ3v) is 14.9. The van der Waals surface area contributed by atoms with Gasteiger partial charge in [0.05, 0.1) is 19.4 Å². The Morgan fingerprint density at radius 3 is 0.932 bits per heavy atom. The van der Waals surface area contributed by atoms with Gasteiger partial charge in [0.1, 0.15) is 0 Å². The average molecular weight is 1260 g/mol. The zero-order valence-corrected chi connectivity index (χ0v) is 49.7. The van der Waals surface area contributed by atoms with Crippen molar-refractivity contribution in [1.82, 2.24) is 30.6 Å². The van der Waals surface area contributed by atoms with Crippen LogP contribution in [0.15, 0.2) is 277 Å². The number of nitrogens with zero attached hydrogens (tertiary/aromatic N) is 6. The summed E-state index contributed by atoms with van der Waals surface area (Å²) in [7, 11) is 0. The monoisotopic (exact) mass is 1260 g/mol. The van der Waals surface area contributed by atoms with Crippen molar-refractivity contribution in [3.63, 3.8) is 0 Å². The quantitative estimate of drug-likeness (QED) is 0.127. The van der Waals surface area contributed by atoms with Crippen molar-refractivity contribution in [2.24, 2.45) is 0 Å². The number of hydrogen-bond acceptors (Lipinski definition) is 10. The topological polar surface area (TPSA) is 77.3 Å². The fourth-order valence-corrected chi connectivity index (χ4v) is 10.2. The van der Waals surface area contributed by atoms with Crippen LogP contribution in [-0.2, 0) is 0 Å². The van der Waals surface area contributed by atoms with Gasteiger partial charge in [-0.05, 0) is 153 Å². The molecule has 0 aliphatic carbocycles. The van der Waals surface area contributed by atoms with Crippen molar-refractivity contribution in [3.05, 3.63) is 335 Å². The smallest absolute Gasteiger partial charge is 0.169 e. The normalized spacial score (nSPS) is 10.9. The first-order valence-electron chi connectivity index (χ1n) is 29.0. The lowest BCUT2D eigenvalue weighted by Gasteiger charge is -2.07. The van der Waals surface area contributed by atoms with Crippen LogP contribution >= 0.6 is 45.3 Å². The molecular formula is C70H52F8N6S4. The molecule has 442 valence electrons. The summed E-state index contributed by atoms with van der Waals surface area (Å²) in [5.41, 5.74) is 0.380. The van der Waals surface area contributed by atoms with E-state index in [0.717, 1.165) is 11.1 Å². The van der Waals surface area contributed by atoms with Crippen molar-refractivity contribution in [3.8, 4) is 22.3 Å². The first-order valence-corrected chi connectivity index (χ1v) is 29.4. The molecule has 0 bridgehead atoms. The molecule has 0 amide bonds. The number of halogens is 8. The van der Waals surface area contributed by atoms with Crippen LogP contribution in [-0.4, -0.2) is 30.6 Å². The maximum absolute atomic E-state index is 13.6. The summed E-state index contributed by atoms with van der Waals surface area (Å²) in [5, 5.41) is 31.3. The molecule has 6 nitrogen and oxygen atoms in total. The molecule has 0 unspecified atom stereocenters. The highest BCUT2D eigenvalue weighted by Crippen LogP contribution is 2.31. The van der Waals surface area contributed by atoms with Crippen molar-refractivity contribution in [2.75, 3.05) is 0 Å². The number of aromatic nitrogens is 6. The van der Waals surface area contributed by atoms with E-state index in [2.05, 4.69) is 102 Å². The van der Waals surface area contributed by atoms with Gasteiger partial charge in [-0.1, -0.05) is 132 Å². The van der Waals surface area contributed by atoms with Gasteiger partial charge in [-0.2, -0.15) is 30.6 Å². The first-order chi connectivity index (χ1) is 45.3. The predicted octanol–water partition coefficient (Wildman–Crippen LogP) is 21.5. The summed E-state index contributed by atoms with van der Waals surface area (Å²) in [6.07, 6.45) is 8.63. The Kier molecular flexibility index (Phi) is 23.2. The average Bonchev–Trinajstić information content (AvgIpc) is 1.22. The summed E-state index contributed by atoms with van der Waals surface area (Å²) in [4.78, 5) is 0. The third-order valence-electron chi connectivity index (χ3n) is 11.5. The van der Waals surface area contributed by atoms with Crippen LogP contribution in [0.2, 0.25) is 0 Å². The highest BCUT2D eigenvalue weighted by atomic mass is 32.1. The van der Waals surface area contributed by atoms with Gasteiger partial charge in [0.15, 0.2) is 46.5 Å². The van der Waals surface area contributed by atoms with E-state index >= 15 is 0 Å². The zero-order chi connectivity index (χ0) is 67.5.